The number of nitrogens with one attached hydrogen (secondary N) is 1. The lowest BCUT2D eigenvalue weighted by atomic mass is 10.1. The standard InChI is InChI=1S/C13H17NO5/c1-5-19-13(16)9-6-11(17-3)12(18-4)7-10(9)14-8(2)15/h6-7H,5H2,1-4H3,(H,14,15). The lowest BCUT2D eigenvalue weighted by Gasteiger charge is -2.14. The van der Waals surface area contributed by atoms with E-state index in [1.807, 2.05) is 0 Å². The molecule has 1 aromatic carbocycles. The summed E-state index contributed by atoms with van der Waals surface area (Å²) in [6.07, 6.45) is 0. The number of amides is 1. The van der Waals surface area contributed by atoms with E-state index in [2.05, 4.69) is 5.32 Å². The molecule has 1 amide bonds. The maximum absolute atomic E-state index is 11.8. The summed E-state index contributed by atoms with van der Waals surface area (Å²) in [6, 6.07) is 2.99. The van der Waals surface area contributed by atoms with Gasteiger partial charge in [-0.25, -0.2) is 4.79 Å². The summed E-state index contributed by atoms with van der Waals surface area (Å²) >= 11 is 0. The molecule has 104 valence electrons. The van der Waals surface area contributed by atoms with Crippen LogP contribution in [0.1, 0.15) is 24.2 Å². The van der Waals surface area contributed by atoms with Crippen LogP contribution in [0.25, 0.3) is 0 Å². The molecule has 1 aromatic rings. The number of anilines is 1. The molecule has 19 heavy (non-hydrogen) atoms. The van der Waals surface area contributed by atoms with Gasteiger partial charge in [0.1, 0.15) is 0 Å². The van der Waals surface area contributed by atoms with Crippen molar-refractivity contribution in [1.29, 1.82) is 0 Å². The molecular weight excluding hydrogens is 250 g/mol. The van der Waals surface area contributed by atoms with Crippen molar-refractivity contribution in [2.24, 2.45) is 0 Å². The first kappa shape index (κ1) is 14.8. The Morgan fingerprint density at radius 1 is 1.16 bits per heavy atom. The van der Waals surface area contributed by atoms with Gasteiger partial charge in [-0.05, 0) is 6.92 Å². The van der Waals surface area contributed by atoms with Crippen LogP contribution >= 0.6 is 0 Å². The van der Waals surface area contributed by atoms with Gasteiger partial charge in [-0.15, -0.1) is 0 Å². The fraction of sp³-hybridized carbons (Fsp3) is 0.385. The highest BCUT2D eigenvalue weighted by Gasteiger charge is 2.18. The minimum Gasteiger partial charge on any atom is -0.493 e. The third-order valence-electron chi connectivity index (χ3n) is 2.33. The monoisotopic (exact) mass is 267 g/mol. The predicted molar refractivity (Wildman–Crippen MR) is 69.8 cm³/mol. The van der Waals surface area contributed by atoms with Crippen LogP contribution < -0.4 is 14.8 Å². The number of carbonyl (C=O) groups is 2. The number of ether oxygens (including phenoxy) is 3. The number of hydrogen-bond donors (Lipinski definition) is 1. The minimum absolute atomic E-state index is 0.217. The number of carbonyl (C=O) groups excluding carboxylic acids is 2. The van der Waals surface area contributed by atoms with Gasteiger partial charge in [0.25, 0.3) is 0 Å². The van der Waals surface area contributed by atoms with Gasteiger partial charge in [-0.1, -0.05) is 0 Å². The molecule has 0 atom stereocenters. The van der Waals surface area contributed by atoms with E-state index in [0.717, 1.165) is 0 Å². The Bertz CT molecular complexity index is 484. The SMILES string of the molecule is CCOC(=O)c1cc(OC)c(OC)cc1NC(C)=O. The van der Waals surface area contributed by atoms with Crippen molar-refractivity contribution in [2.45, 2.75) is 13.8 Å². The molecule has 0 aliphatic heterocycles. The normalized spacial score (nSPS) is 9.68. The van der Waals surface area contributed by atoms with Gasteiger partial charge in [-0.2, -0.15) is 0 Å². The molecule has 1 N–H and O–H groups in total. The number of esters is 1. The van der Waals surface area contributed by atoms with Crippen molar-refractivity contribution in [3.8, 4) is 11.5 Å². The van der Waals surface area contributed by atoms with Gasteiger partial charge >= 0.3 is 5.97 Å². The second-order valence-corrected chi connectivity index (χ2v) is 3.65. The smallest absolute Gasteiger partial charge is 0.340 e. The molecule has 0 radical (unpaired) electrons. The average molecular weight is 267 g/mol. The largest absolute Gasteiger partial charge is 0.493 e. The van der Waals surface area contributed by atoms with Crippen molar-refractivity contribution in [1.82, 2.24) is 0 Å². The number of hydrogen-bond acceptors (Lipinski definition) is 5. The van der Waals surface area contributed by atoms with E-state index < -0.39 is 5.97 Å². The highest BCUT2D eigenvalue weighted by molar-refractivity contribution is 6.01. The molecule has 0 saturated carbocycles. The van der Waals surface area contributed by atoms with Crippen LogP contribution in [0.15, 0.2) is 12.1 Å². The molecule has 6 nitrogen and oxygen atoms in total. The zero-order valence-corrected chi connectivity index (χ0v) is 11.4. The second kappa shape index (κ2) is 6.63. The Balaban J connectivity index is 3.30. The maximum Gasteiger partial charge on any atom is 0.340 e. The molecule has 0 fully saturated rings. The van der Waals surface area contributed by atoms with Crippen LogP contribution in [0.3, 0.4) is 0 Å². The van der Waals surface area contributed by atoms with Crippen molar-refractivity contribution in [3.05, 3.63) is 17.7 Å². The summed E-state index contributed by atoms with van der Waals surface area (Å²) in [4.78, 5) is 23.0. The van der Waals surface area contributed by atoms with E-state index in [4.69, 9.17) is 14.2 Å². The molecule has 0 bridgehead atoms. The Morgan fingerprint density at radius 3 is 2.21 bits per heavy atom. The average Bonchev–Trinajstić information content (AvgIpc) is 2.37. The molecular formula is C13H17NO5. The number of methoxy groups -OCH3 is 2. The fourth-order valence-corrected chi connectivity index (χ4v) is 1.55. The van der Waals surface area contributed by atoms with Crippen LogP contribution in [0.5, 0.6) is 11.5 Å². The summed E-state index contributed by atoms with van der Waals surface area (Å²) in [5.41, 5.74) is 0.540. The number of rotatable bonds is 5. The summed E-state index contributed by atoms with van der Waals surface area (Å²) in [6.45, 7) is 3.30. The first-order chi connectivity index (χ1) is 9.03. The number of benzene rings is 1. The first-order valence-electron chi connectivity index (χ1n) is 5.74. The Labute approximate surface area is 111 Å². The van der Waals surface area contributed by atoms with E-state index >= 15 is 0 Å². The van der Waals surface area contributed by atoms with Crippen molar-refractivity contribution in [3.63, 3.8) is 0 Å². The quantitative estimate of drug-likeness (QED) is 0.824. The van der Waals surface area contributed by atoms with Gasteiger partial charge in [0.05, 0.1) is 32.1 Å². The molecule has 6 heteroatoms. The van der Waals surface area contributed by atoms with Crippen molar-refractivity contribution in [2.75, 3.05) is 26.1 Å². The van der Waals surface area contributed by atoms with Crippen molar-refractivity contribution < 1.29 is 23.8 Å². The van der Waals surface area contributed by atoms with Gasteiger partial charge < -0.3 is 19.5 Å². The van der Waals surface area contributed by atoms with Crippen LogP contribution in [0, 0.1) is 0 Å². The van der Waals surface area contributed by atoms with Crippen LogP contribution in [-0.2, 0) is 9.53 Å². The van der Waals surface area contributed by atoms with E-state index in [0.29, 0.717) is 17.2 Å². The van der Waals surface area contributed by atoms with Gasteiger partial charge in [-0.3, -0.25) is 4.79 Å². The Hall–Kier alpha value is -2.24. The Morgan fingerprint density at radius 2 is 1.74 bits per heavy atom. The van der Waals surface area contributed by atoms with E-state index in [1.165, 1.54) is 33.3 Å². The summed E-state index contributed by atoms with van der Waals surface area (Å²) in [5, 5.41) is 2.56. The van der Waals surface area contributed by atoms with E-state index in [-0.39, 0.29) is 18.1 Å². The van der Waals surface area contributed by atoms with Gasteiger partial charge in [0.15, 0.2) is 11.5 Å². The van der Waals surface area contributed by atoms with E-state index in [9.17, 15) is 9.59 Å². The molecule has 0 unspecified atom stereocenters. The zero-order valence-electron chi connectivity index (χ0n) is 11.4. The Kier molecular flexibility index (Phi) is 5.17. The molecule has 0 aliphatic carbocycles. The third-order valence-corrected chi connectivity index (χ3v) is 2.33. The lowest BCUT2D eigenvalue weighted by molar-refractivity contribution is -0.114. The van der Waals surface area contributed by atoms with Gasteiger partial charge in [0.2, 0.25) is 5.91 Å². The second-order valence-electron chi connectivity index (χ2n) is 3.65. The topological polar surface area (TPSA) is 73.9 Å². The highest BCUT2D eigenvalue weighted by Crippen LogP contribution is 2.33. The highest BCUT2D eigenvalue weighted by atomic mass is 16.5. The zero-order chi connectivity index (χ0) is 14.4. The maximum atomic E-state index is 11.8. The van der Waals surface area contributed by atoms with Crippen LogP contribution in [0.2, 0.25) is 0 Å². The predicted octanol–water partition coefficient (Wildman–Crippen LogP) is 1.84. The molecule has 0 heterocycles. The molecule has 0 spiro atoms. The van der Waals surface area contributed by atoms with Gasteiger partial charge in [0, 0.05) is 19.1 Å². The fourth-order valence-electron chi connectivity index (χ4n) is 1.55. The molecule has 1 rings (SSSR count). The minimum atomic E-state index is -0.535. The summed E-state index contributed by atoms with van der Waals surface area (Å²) in [5.74, 6) is -0.0241. The van der Waals surface area contributed by atoms with Crippen molar-refractivity contribution >= 4 is 17.6 Å². The molecule has 0 aliphatic rings. The molecule has 0 saturated heterocycles. The third kappa shape index (κ3) is 3.61. The summed E-state index contributed by atoms with van der Waals surface area (Å²) < 4.78 is 15.2. The van der Waals surface area contributed by atoms with E-state index in [1.54, 1.807) is 6.92 Å². The summed E-state index contributed by atoms with van der Waals surface area (Å²) in [7, 11) is 2.93. The van der Waals surface area contributed by atoms with Crippen LogP contribution in [-0.4, -0.2) is 32.7 Å². The lowest BCUT2D eigenvalue weighted by Crippen LogP contribution is -2.13. The van der Waals surface area contributed by atoms with Crippen LogP contribution in [0.4, 0.5) is 5.69 Å². The first-order valence-corrected chi connectivity index (χ1v) is 5.74. The molecule has 0 aromatic heterocycles.